The Morgan fingerprint density at radius 1 is 1.00 bits per heavy atom. The first-order valence-corrected chi connectivity index (χ1v) is 9.48. The molecule has 0 radical (unpaired) electrons. The normalized spacial score (nSPS) is 11.3. The van der Waals surface area contributed by atoms with E-state index in [0.717, 1.165) is 12.8 Å². The molecule has 0 aliphatic heterocycles. The maximum Gasteiger partial charge on any atom is 0.233 e. The molecule has 2 heterocycles. The minimum Gasteiger partial charge on any atom is -0.274 e. The van der Waals surface area contributed by atoms with E-state index in [-0.39, 0.29) is 16.3 Å². The number of fused-ring (bicyclic) bond motifs is 1. The van der Waals surface area contributed by atoms with Crippen LogP contribution in [0.3, 0.4) is 0 Å². The number of rotatable bonds is 10. The van der Waals surface area contributed by atoms with E-state index in [9.17, 15) is 4.79 Å². The average Bonchev–Trinajstić information content (AvgIpc) is 2.97. The molecular formula is C17H24Cl2N4O. The van der Waals surface area contributed by atoms with Crippen molar-refractivity contribution in [1.82, 2.24) is 19.5 Å². The molecule has 0 unspecified atom stereocenters. The third-order valence-electron chi connectivity index (χ3n) is 4.09. The maximum atomic E-state index is 12.3. The highest BCUT2D eigenvalue weighted by molar-refractivity contribution is 6.35. The zero-order valence-electron chi connectivity index (χ0n) is 14.1. The lowest BCUT2D eigenvalue weighted by Gasteiger charge is -2.04. The Balaban J connectivity index is 1.74. The fourth-order valence-electron chi connectivity index (χ4n) is 2.73. The predicted molar refractivity (Wildman–Crippen MR) is 97.8 cm³/mol. The standard InChI is InChI=1S/C17H24Cl2N4O/c1-2-3-4-5-6-7-8-9-10-11-13(24)23-12-20-14-15(18)21-17(19)22-16(14)23/h12H,2-11H2,1H3. The Morgan fingerprint density at radius 3 is 2.29 bits per heavy atom. The first kappa shape index (κ1) is 19.1. The van der Waals surface area contributed by atoms with E-state index in [1.54, 1.807) is 0 Å². The van der Waals surface area contributed by atoms with Crippen LogP contribution in [0.25, 0.3) is 11.2 Å². The maximum absolute atomic E-state index is 12.3. The van der Waals surface area contributed by atoms with Gasteiger partial charge in [0.1, 0.15) is 11.8 Å². The monoisotopic (exact) mass is 370 g/mol. The van der Waals surface area contributed by atoms with Gasteiger partial charge in [-0.05, 0) is 18.0 Å². The van der Waals surface area contributed by atoms with E-state index in [4.69, 9.17) is 23.2 Å². The largest absolute Gasteiger partial charge is 0.274 e. The van der Waals surface area contributed by atoms with Crippen LogP contribution in [-0.2, 0) is 0 Å². The molecule has 0 saturated carbocycles. The highest BCUT2D eigenvalue weighted by atomic mass is 35.5. The number of carbonyl (C=O) groups is 1. The van der Waals surface area contributed by atoms with E-state index in [1.807, 2.05) is 0 Å². The van der Waals surface area contributed by atoms with E-state index in [1.165, 1.54) is 55.8 Å². The summed E-state index contributed by atoms with van der Waals surface area (Å²) in [6.07, 6.45) is 12.9. The molecule has 0 aliphatic rings. The molecule has 2 rings (SSSR count). The lowest BCUT2D eigenvalue weighted by atomic mass is 10.1. The van der Waals surface area contributed by atoms with E-state index in [0.29, 0.717) is 17.6 Å². The van der Waals surface area contributed by atoms with Crippen molar-refractivity contribution in [2.45, 2.75) is 71.1 Å². The van der Waals surface area contributed by atoms with E-state index < -0.39 is 0 Å². The number of unbranched alkanes of at least 4 members (excludes halogenated alkanes) is 8. The van der Waals surface area contributed by atoms with Gasteiger partial charge in [-0.15, -0.1) is 0 Å². The summed E-state index contributed by atoms with van der Waals surface area (Å²) in [7, 11) is 0. The van der Waals surface area contributed by atoms with Crippen LogP contribution >= 0.6 is 23.2 Å². The third kappa shape index (κ3) is 5.42. The summed E-state index contributed by atoms with van der Waals surface area (Å²) < 4.78 is 1.42. The van der Waals surface area contributed by atoms with Crippen LogP contribution in [0.5, 0.6) is 0 Å². The minimum atomic E-state index is -0.0359. The van der Waals surface area contributed by atoms with Crippen molar-refractivity contribution in [1.29, 1.82) is 0 Å². The molecular weight excluding hydrogens is 347 g/mol. The summed E-state index contributed by atoms with van der Waals surface area (Å²) in [5.41, 5.74) is 0.780. The van der Waals surface area contributed by atoms with Crippen molar-refractivity contribution in [3.05, 3.63) is 16.8 Å². The molecule has 0 saturated heterocycles. The van der Waals surface area contributed by atoms with Gasteiger partial charge in [-0.1, -0.05) is 69.9 Å². The second-order valence-corrected chi connectivity index (χ2v) is 6.74. The van der Waals surface area contributed by atoms with Crippen LogP contribution < -0.4 is 0 Å². The van der Waals surface area contributed by atoms with E-state index in [2.05, 4.69) is 21.9 Å². The second-order valence-electron chi connectivity index (χ2n) is 6.04. The highest BCUT2D eigenvalue weighted by Crippen LogP contribution is 2.21. The van der Waals surface area contributed by atoms with Crippen LogP contribution in [0.15, 0.2) is 6.33 Å². The predicted octanol–water partition coefficient (Wildman–Crippen LogP) is 5.69. The van der Waals surface area contributed by atoms with Gasteiger partial charge in [-0.2, -0.15) is 4.98 Å². The summed E-state index contributed by atoms with van der Waals surface area (Å²) in [4.78, 5) is 24.3. The third-order valence-corrected chi connectivity index (χ3v) is 4.52. The molecule has 2 aromatic heterocycles. The molecule has 0 bridgehead atoms. The number of hydrogen-bond acceptors (Lipinski definition) is 4. The number of nitrogens with zero attached hydrogens (tertiary/aromatic N) is 4. The Labute approximate surface area is 152 Å². The fraction of sp³-hybridized carbons (Fsp3) is 0.647. The summed E-state index contributed by atoms with van der Waals surface area (Å²) in [6.45, 7) is 2.23. The lowest BCUT2D eigenvalue weighted by Crippen LogP contribution is -2.10. The minimum absolute atomic E-state index is 0.0186. The van der Waals surface area contributed by atoms with Crippen molar-refractivity contribution >= 4 is 40.3 Å². The summed E-state index contributed by atoms with van der Waals surface area (Å²) in [6, 6.07) is 0. The van der Waals surface area contributed by atoms with Gasteiger partial charge < -0.3 is 0 Å². The Morgan fingerprint density at radius 2 is 1.62 bits per heavy atom. The zero-order valence-corrected chi connectivity index (χ0v) is 15.6. The summed E-state index contributed by atoms with van der Waals surface area (Å²) in [5.74, 6) is -0.0359. The van der Waals surface area contributed by atoms with Crippen molar-refractivity contribution in [2.24, 2.45) is 0 Å². The molecule has 0 fully saturated rings. The highest BCUT2D eigenvalue weighted by Gasteiger charge is 2.15. The van der Waals surface area contributed by atoms with Crippen LogP contribution in [0.1, 0.15) is 75.9 Å². The van der Waals surface area contributed by atoms with Crippen LogP contribution in [0.2, 0.25) is 10.4 Å². The van der Waals surface area contributed by atoms with Gasteiger partial charge in [0.15, 0.2) is 10.8 Å². The molecule has 0 spiro atoms. The quantitative estimate of drug-likeness (QED) is 0.306. The molecule has 5 nitrogen and oxygen atoms in total. The molecule has 24 heavy (non-hydrogen) atoms. The number of hydrogen-bond donors (Lipinski definition) is 0. The molecule has 7 heteroatoms. The summed E-state index contributed by atoms with van der Waals surface area (Å²) in [5, 5.41) is 0.185. The van der Waals surface area contributed by atoms with Gasteiger partial charge in [0.25, 0.3) is 0 Å². The molecule has 0 atom stereocenters. The van der Waals surface area contributed by atoms with Crippen molar-refractivity contribution in [2.75, 3.05) is 0 Å². The number of aromatic nitrogens is 4. The Kier molecular flexibility index (Phi) is 7.92. The number of imidazole rings is 1. The molecule has 0 aromatic carbocycles. The van der Waals surface area contributed by atoms with Crippen LogP contribution in [-0.4, -0.2) is 25.4 Å². The topological polar surface area (TPSA) is 60.7 Å². The van der Waals surface area contributed by atoms with E-state index >= 15 is 0 Å². The molecule has 2 aromatic rings. The lowest BCUT2D eigenvalue weighted by molar-refractivity contribution is 0.0903. The first-order chi connectivity index (χ1) is 11.6. The molecule has 0 aliphatic carbocycles. The van der Waals surface area contributed by atoms with Crippen molar-refractivity contribution in [3.63, 3.8) is 0 Å². The fourth-order valence-corrected chi connectivity index (χ4v) is 3.15. The van der Waals surface area contributed by atoms with Gasteiger partial charge in [-0.25, -0.2) is 9.97 Å². The second kappa shape index (κ2) is 9.94. The van der Waals surface area contributed by atoms with Crippen LogP contribution in [0.4, 0.5) is 0 Å². The van der Waals surface area contributed by atoms with Gasteiger partial charge in [0, 0.05) is 6.42 Å². The Bertz CT molecular complexity index is 672. The van der Waals surface area contributed by atoms with Gasteiger partial charge in [0.2, 0.25) is 11.2 Å². The first-order valence-electron chi connectivity index (χ1n) is 8.72. The zero-order chi connectivity index (χ0) is 17.4. The molecule has 0 amide bonds. The number of carbonyl (C=O) groups excluding carboxylic acids is 1. The van der Waals surface area contributed by atoms with Crippen LogP contribution in [0, 0.1) is 0 Å². The summed E-state index contributed by atoms with van der Waals surface area (Å²) >= 11 is 11.8. The van der Waals surface area contributed by atoms with Crippen molar-refractivity contribution < 1.29 is 4.79 Å². The number of halogens is 2. The van der Waals surface area contributed by atoms with Gasteiger partial charge in [-0.3, -0.25) is 9.36 Å². The molecule has 0 N–H and O–H groups in total. The van der Waals surface area contributed by atoms with Gasteiger partial charge >= 0.3 is 0 Å². The Hall–Kier alpha value is -1.20. The van der Waals surface area contributed by atoms with Crippen molar-refractivity contribution in [3.8, 4) is 0 Å². The smallest absolute Gasteiger partial charge is 0.233 e. The SMILES string of the molecule is CCCCCCCCCCCC(=O)n1cnc2c(Cl)nc(Cl)nc21. The average molecular weight is 371 g/mol. The molecule has 132 valence electrons. The van der Waals surface area contributed by atoms with Gasteiger partial charge in [0.05, 0.1) is 0 Å².